The van der Waals surface area contributed by atoms with Crippen LogP contribution in [0.2, 0.25) is 0 Å². The number of nitrogens with zero attached hydrogens (tertiary/aromatic N) is 2. The average molecular weight is 198 g/mol. The summed E-state index contributed by atoms with van der Waals surface area (Å²) in [5, 5.41) is 4.26. The molecular weight excluding hydrogens is 178 g/mol. The minimum Gasteiger partial charge on any atom is -0.368 e. The molecule has 1 atom stereocenters. The summed E-state index contributed by atoms with van der Waals surface area (Å²) >= 11 is 0. The molecule has 0 aromatic carbocycles. The third kappa shape index (κ3) is 2.69. The maximum absolute atomic E-state index is 11.4. The van der Waals surface area contributed by atoms with Gasteiger partial charge >= 0.3 is 0 Å². The summed E-state index contributed by atoms with van der Waals surface area (Å²) in [7, 11) is 0. The number of carbonyl (C=O) groups is 1. The maximum Gasteiger partial charge on any atom is 0.235 e. The Morgan fingerprint density at radius 1 is 1.36 bits per heavy atom. The highest BCUT2D eigenvalue weighted by atomic mass is 16.1. The van der Waals surface area contributed by atoms with Crippen LogP contribution in [0, 0.1) is 5.41 Å². The number of rotatable bonds is 2. The molecule has 4 nitrogen and oxygen atoms in total. The van der Waals surface area contributed by atoms with E-state index in [-0.39, 0.29) is 17.4 Å². The highest BCUT2D eigenvalue weighted by Crippen LogP contribution is 2.24. The van der Waals surface area contributed by atoms with Crippen molar-refractivity contribution in [1.82, 2.24) is 10.2 Å². The highest BCUT2D eigenvalue weighted by Gasteiger charge is 2.35. The van der Waals surface area contributed by atoms with Gasteiger partial charge in [0, 0.05) is 26.2 Å². The van der Waals surface area contributed by atoms with E-state index in [1.807, 2.05) is 20.8 Å². The lowest BCUT2D eigenvalue weighted by Crippen LogP contribution is -2.56. The molecule has 0 spiro atoms. The van der Waals surface area contributed by atoms with Gasteiger partial charge in [-0.05, 0) is 5.41 Å². The van der Waals surface area contributed by atoms with Gasteiger partial charge in [-0.15, -0.1) is 0 Å². The highest BCUT2D eigenvalue weighted by molar-refractivity contribution is 5.80. The zero-order chi connectivity index (χ0) is 10.8. The number of nitrogens with two attached hydrogens (primary N) is 1. The molecular formula is C10H20N3O. The second-order valence-corrected chi connectivity index (χ2v) is 4.88. The van der Waals surface area contributed by atoms with Crippen LogP contribution in [-0.2, 0) is 4.79 Å². The second-order valence-electron chi connectivity index (χ2n) is 4.88. The lowest BCUT2D eigenvalue weighted by Gasteiger charge is -2.39. The molecule has 14 heavy (non-hydrogen) atoms. The molecule has 0 saturated carbocycles. The Bertz CT molecular complexity index is 204. The molecule has 1 amide bonds. The molecule has 4 heteroatoms. The first-order valence-electron chi connectivity index (χ1n) is 5.09. The summed E-state index contributed by atoms with van der Waals surface area (Å²) < 4.78 is 0. The molecule has 1 aliphatic heterocycles. The Labute approximate surface area is 85.8 Å². The van der Waals surface area contributed by atoms with Crippen molar-refractivity contribution in [3.8, 4) is 0 Å². The quantitative estimate of drug-likeness (QED) is 0.668. The molecule has 1 rings (SSSR count). The van der Waals surface area contributed by atoms with Gasteiger partial charge in [0.15, 0.2) is 0 Å². The zero-order valence-electron chi connectivity index (χ0n) is 9.29. The van der Waals surface area contributed by atoms with E-state index in [0.29, 0.717) is 0 Å². The molecule has 0 bridgehead atoms. The van der Waals surface area contributed by atoms with E-state index >= 15 is 0 Å². The minimum atomic E-state index is -0.223. The van der Waals surface area contributed by atoms with Crippen molar-refractivity contribution >= 4 is 5.91 Å². The Morgan fingerprint density at radius 2 is 1.86 bits per heavy atom. The van der Waals surface area contributed by atoms with E-state index in [4.69, 9.17) is 5.73 Å². The molecule has 1 saturated heterocycles. The van der Waals surface area contributed by atoms with Gasteiger partial charge in [-0.3, -0.25) is 9.69 Å². The fourth-order valence-corrected chi connectivity index (χ4v) is 2.03. The first kappa shape index (κ1) is 11.5. The lowest BCUT2D eigenvalue weighted by atomic mass is 9.85. The van der Waals surface area contributed by atoms with Crippen molar-refractivity contribution in [2.75, 3.05) is 26.2 Å². The van der Waals surface area contributed by atoms with Gasteiger partial charge < -0.3 is 5.73 Å². The molecule has 1 radical (unpaired) electrons. The Balaban J connectivity index is 2.71. The summed E-state index contributed by atoms with van der Waals surface area (Å²) in [6.07, 6.45) is 0. The Hall–Kier alpha value is -0.610. The topological polar surface area (TPSA) is 60.4 Å². The van der Waals surface area contributed by atoms with E-state index in [9.17, 15) is 4.79 Å². The molecule has 81 valence electrons. The molecule has 1 aliphatic rings. The third-order valence-electron chi connectivity index (χ3n) is 2.55. The summed E-state index contributed by atoms with van der Waals surface area (Å²) in [4.78, 5) is 13.5. The predicted molar refractivity (Wildman–Crippen MR) is 55.9 cm³/mol. The third-order valence-corrected chi connectivity index (χ3v) is 2.55. The van der Waals surface area contributed by atoms with Gasteiger partial charge in [0.1, 0.15) is 0 Å². The fourth-order valence-electron chi connectivity index (χ4n) is 2.03. The zero-order valence-corrected chi connectivity index (χ0v) is 9.29. The number of hydrogen-bond acceptors (Lipinski definition) is 2. The largest absolute Gasteiger partial charge is 0.368 e. The molecule has 0 aromatic heterocycles. The van der Waals surface area contributed by atoms with E-state index in [2.05, 4.69) is 10.2 Å². The van der Waals surface area contributed by atoms with E-state index in [1.54, 1.807) is 0 Å². The van der Waals surface area contributed by atoms with E-state index in [0.717, 1.165) is 26.2 Å². The van der Waals surface area contributed by atoms with Crippen LogP contribution in [0.3, 0.4) is 0 Å². The second kappa shape index (κ2) is 4.28. The van der Waals surface area contributed by atoms with Gasteiger partial charge in [0.25, 0.3) is 0 Å². The smallest absolute Gasteiger partial charge is 0.235 e. The first-order valence-corrected chi connectivity index (χ1v) is 5.09. The maximum atomic E-state index is 11.4. The van der Waals surface area contributed by atoms with Crippen LogP contribution in [0.4, 0.5) is 0 Å². The molecule has 0 aliphatic carbocycles. The van der Waals surface area contributed by atoms with Gasteiger partial charge in [-0.1, -0.05) is 20.8 Å². The van der Waals surface area contributed by atoms with Crippen molar-refractivity contribution in [2.45, 2.75) is 26.8 Å². The average Bonchev–Trinajstić information content (AvgIpc) is 2.02. The van der Waals surface area contributed by atoms with Crippen LogP contribution >= 0.6 is 0 Å². The summed E-state index contributed by atoms with van der Waals surface area (Å²) in [5.41, 5.74) is 5.35. The van der Waals surface area contributed by atoms with Crippen molar-refractivity contribution in [2.24, 2.45) is 11.1 Å². The number of carbonyl (C=O) groups excluding carboxylic acids is 1. The number of amides is 1. The van der Waals surface area contributed by atoms with Gasteiger partial charge in [-0.25, -0.2) is 5.32 Å². The van der Waals surface area contributed by atoms with Gasteiger partial charge in [0.05, 0.1) is 6.04 Å². The normalized spacial score (nSPS) is 21.9. The van der Waals surface area contributed by atoms with Crippen LogP contribution in [0.15, 0.2) is 0 Å². The molecule has 1 heterocycles. The first-order chi connectivity index (χ1) is 6.43. The van der Waals surface area contributed by atoms with Crippen LogP contribution < -0.4 is 11.1 Å². The Morgan fingerprint density at radius 3 is 2.21 bits per heavy atom. The van der Waals surface area contributed by atoms with Crippen molar-refractivity contribution < 1.29 is 4.79 Å². The molecule has 2 N–H and O–H groups in total. The van der Waals surface area contributed by atoms with Crippen LogP contribution in [0.25, 0.3) is 0 Å². The standard InChI is InChI=1S/C10H20N3O/c1-10(2,3)8(9(11)14)13-6-4-12-5-7-13/h8H,4-7H2,1-3H3,(H2,11,14). The lowest BCUT2D eigenvalue weighted by molar-refractivity contribution is -0.127. The Kier molecular flexibility index (Phi) is 3.50. The number of primary amides is 1. The fraction of sp³-hybridized carbons (Fsp3) is 0.900. The molecule has 0 aromatic rings. The van der Waals surface area contributed by atoms with E-state index < -0.39 is 0 Å². The summed E-state index contributed by atoms with van der Waals surface area (Å²) in [6, 6.07) is -0.169. The van der Waals surface area contributed by atoms with Crippen molar-refractivity contribution in [3.05, 3.63) is 0 Å². The van der Waals surface area contributed by atoms with Crippen LogP contribution in [0.5, 0.6) is 0 Å². The van der Waals surface area contributed by atoms with E-state index in [1.165, 1.54) is 0 Å². The summed E-state index contributed by atoms with van der Waals surface area (Å²) in [5.74, 6) is -0.223. The number of piperazine rings is 1. The van der Waals surface area contributed by atoms with Crippen molar-refractivity contribution in [1.29, 1.82) is 0 Å². The van der Waals surface area contributed by atoms with Crippen molar-refractivity contribution in [3.63, 3.8) is 0 Å². The van der Waals surface area contributed by atoms with Crippen LogP contribution in [-0.4, -0.2) is 43.0 Å². The van der Waals surface area contributed by atoms with Gasteiger partial charge in [-0.2, -0.15) is 0 Å². The van der Waals surface area contributed by atoms with Gasteiger partial charge in [0.2, 0.25) is 5.91 Å². The van der Waals surface area contributed by atoms with Crippen LogP contribution in [0.1, 0.15) is 20.8 Å². The molecule has 1 unspecified atom stereocenters. The minimum absolute atomic E-state index is 0.0941. The predicted octanol–water partition coefficient (Wildman–Crippen LogP) is -0.194. The monoisotopic (exact) mass is 198 g/mol. The summed E-state index contributed by atoms with van der Waals surface area (Å²) in [6.45, 7) is 9.49. The molecule has 1 fully saturated rings. The number of hydrogen-bond donors (Lipinski definition) is 1. The SMILES string of the molecule is CC(C)(C)C(C(N)=O)N1CC[N]CC1.